The number of pyridine rings is 1. The zero-order valence-corrected chi connectivity index (χ0v) is 17.2. The van der Waals surface area contributed by atoms with E-state index in [9.17, 15) is 9.59 Å². The summed E-state index contributed by atoms with van der Waals surface area (Å²) in [5.74, 6) is 0.706. The molecule has 0 spiro atoms. The van der Waals surface area contributed by atoms with Crippen LogP contribution in [-0.4, -0.2) is 23.0 Å². The van der Waals surface area contributed by atoms with E-state index >= 15 is 0 Å². The summed E-state index contributed by atoms with van der Waals surface area (Å²) < 4.78 is 5.28. The standard InChI is InChI=1S/C23H21N3O3S/c1-29-19-9-10-21-16(13-19)12-17(22(27)25-21)14-26(15-20-8-5-11-30-20)23(28)24-18-6-3-2-4-7-18/h2-13H,14-15H2,1H3,(H,24,28)(H,25,27). The Labute approximate surface area is 177 Å². The maximum Gasteiger partial charge on any atom is 0.322 e. The van der Waals surface area contributed by atoms with Crippen LogP contribution in [0.25, 0.3) is 10.9 Å². The van der Waals surface area contributed by atoms with Crippen LogP contribution in [-0.2, 0) is 13.1 Å². The largest absolute Gasteiger partial charge is 0.497 e. The lowest BCUT2D eigenvalue weighted by Gasteiger charge is -2.22. The summed E-state index contributed by atoms with van der Waals surface area (Å²) in [5.41, 5.74) is 1.73. The molecule has 152 valence electrons. The number of urea groups is 1. The van der Waals surface area contributed by atoms with Gasteiger partial charge in [0.05, 0.1) is 20.2 Å². The number of aromatic amines is 1. The highest BCUT2D eigenvalue weighted by atomic mass is 32.1. The number of anilines is 1. The molecule has 0 saturated heterocycles. The number of hydrogen-bond donors (Lipinski definition) is 2. The van der Waals surface area contributed by atoms with Crippen LogP contribution in [0.3, 0.4) is 0 Å². The molecule has 0 aliphatic rings. The van der Waals surface area contributed by atoms with Gasteiger partial charge in [0.1, 0.15) is 5.75 Å². The first-order valence-corrected chi connectivity index (χ1v) is 10.3. The fourth-order valence-corrected chi connectivity index (χ4v) is 3.91. The fourth-order valence-electron chi connectivity index (χ4n) is 3.19. The third kappa shape index (κ3) is 4.52. The lowest BCUT2D eigenvalue weighted by Crippen LogP contribution is -2.35. The van der Waals surface area contributed by atoms with Crippen LogP contribution >= 0.6 is 11.3 Å². The Balaban J connectivity index is 1.64. The second kappa shape index (κ2) is 8.84. The van der Waals surface area contributed by atoms with E-state index in [-0.39, 0.29) is 18.1 Å². The van der Waals surface area contributed by atoms with Crippen LogP contribution in [0.4, 0.5) is 10.5 Å². The molecule has 2 aromatic heterocycles. The predicted octanol–water partition coefficient (Wildman–Crippen LogP) is 4.83. The Kier molecular flexibility index (Phi) is 5.81. The van der Waals surface area contributed by atoms with Gasteiger partial charge >= 0.3 is 6.03 Å². The quantitative estimate of drug-likeness (QED) is 0.470. The Morgan fingerprint density at radius 1 is 1.07 bits per heavy atom. The number of ether oxygens (including phenoxy) is 1. The van der Waals surface area contributed by atoms with Crippen molar-refractivity contribution in [3.8, 4) is 5.75 Å². The van der Waals surface area contributed by atoms with Crippen molar-refractivity contribution >= 4 is 34.0 Å². The first-order chi connectivity index (χ1) is 14.6. The molecule has 0 unspecified atom stereocenters. The number of nitrogens with zero attached hydrogens (tertiary/aromatic N) is 1. The number of nitrogens with one attached hydrogen (secondary N) is 2. The minimum Gasteiger partial charge on any atom is -0.497 e. The lowest BCUT2D eigenvalue weighted by atomic mass is 10.1. The first kappa shape index (κ1) is 19.7. The molecule has 4 rings (SSSR count). The van der Waals surface area contributed by atoms with Crippen molar-refractivity contribution in [2.75, 3.05) is 12.4 Å². The molecular formula is C23H21N3O3S. The van der Waals surface area contributed by atoms with E-state index in [1.165, 1.54) is 0 Å². The molecule has 2 amide bonds. The summed E-state index contributed by atoms with van der Waals surface area (Å²) in [5, 5.41) is 5.73. The summed E-state index contributed by atoms with van der Waals surface area (Å²) in [6.45, 7) is 0.588. The molecule has 0 bridgehead atoms. The van der Waals surface area contributed by atoms with Gasteiger partial charge < -0.3 is 19.9 Å². The van der Waals surface area contributed by atoms with Crippen molar-refractivity contribution in [3.05, 3.63) is 92.9 Å². The van der Waals surface area contributed by atoms with Gasteiger partial charge in [-0.3, -0.25) is 4.79 Å². The summed E-state index contributed by atoms with van der Waals surface area (Å²) in [7, 11) is 1.60. The van der Waals surface area contributed by atoms with Gasteiger partial charge in [0.15, 0.2) is 0 Å². The van der Waals surface area contributed by atoms with Crippen LogP contribution < -0.4 is 15.6 Å². The van der Waals surface area contributed by atoms with Crippen molar-refractivity contribution in [1.82, 2.24) is 9.88 Å². The Hall–Kier alpha value is -3.58. The van der Waals surface area contributed by atoms with Gasteiger partial charge in [-0.2, -0.15) is 0 Å². The number of H-pyrrole nitrogens is 1. The van der Waals surface area contributed by atoms with E-state index < -0.39 is 0 Å². The minimum absolute atomic E-state index is 0.180. The summed E-state index contributed by atoms with van der Waals surface area (Å²) in [6, 6.07) is 20.2. The number of carbonyl (C=O) groups is 1. The Morgan fingerprint density at radius 2 is 1.90 bits per heavy atom. The van der Waals surface area contributed by atoms with E-state index in [4.69, 9.17) is 4.74 Å². The number of rotatable bonds is 6. The Bertz CT molecular complexity index is 1200. The van der Waals surface area contributed by atoms with E-state index in [2.05, 4.69) is 10.3 Å². The second-order valence-electron chi connectivity index (χ2n) is 6.81. The van der Waals surface area contributed by atoms with Crippen LogP contribution in [0.5, 0.6) is 5.75 Å². The molecule has 2 aromatic carbocycles. The fraction of sp³-hybridized carbons (Fsp3) is 0.130. The van der Waals surface area contributed by atoms with E-state index in [1.54, 1.807) is 29.4 Å². The van der Waals surface area contributed by atoms with Crippen LogP contribution in [0.2, 0.25) is 0 Å². The number of thiophene rings is 1. The number of fused-ring (bicyclic) bond motifs is 1. The highest BCUT2D eigenvalue weighted by molar-refractivity contribution is 7.09. The zero-order chi connectivity index (χ0) is 20.9. The molecule has 2 heterocycles. The number of hydrogen-bond acceptors (Lipinski definition) is 4. The lowest BCUT2D eigenvalue weighted by molar-refractivity contribution is 0.207. The van der Waals surface area contributed by atoms with E-state index in [0.29, 0.717) is 23.5 Å². The molecule has 30 heavy (non-hydrogen) atoms. The number of methoxy groups -OCH3 is 1. The van der Waals surface area contributed by atoms with Crippen LogP contribution in [0, 0.1) is 0 Å². The van der Waals surface area contributed by atoms with Crippen LogP contribution in [0.1, 0.15) is 10.4 Å². The van der Waals surface area contributed by atoms with Crippen LogP contribution in [0.15, 0.2) is 76.9 Å². The van der Waals surface area contributed by atoms with Gasteiger partial charge in [-0.25, -0.2) is 4.79 Å². The highest BCUT2D eigenvalue weighted by Crippen LogP contribution is 2.20. The molecule has 0 atom stereocenters. The molecule has 6 nitrogen and oxygen atoms in total. The zero-order valence-electron chi connectivity index (χ0n) is 16.4. The van der Waals surface area contributed by atoms with Gasteiger partial charge in [0.25, 0.3) is 5.56 Å². The number of para-hydroxylation sites is 1. The van der Waals surface area contributed by atoms with E-state index in [0.717, 1.165) is 15.8 Å². The predicted molar refractivity (Wildman–Crippen MR) is 120 cm³/mol. The SMILES string of the molecule is COc1ccc2[nH]c(=O)c(CN(Cc3cccs3)C(=O)Nc3ccccc3)cc2c1. The smallest absolute Gasteiger partial charge is 0.322 e. The molecule has 7 heteroatoms. The van der Waals surface area contributed by atoms with Crippen molar-refractivity contribution in [3.63, 3.8) is 0 Å². The van der Waals surface area contributed by atoms with Crippen molar-refractivity contribution in [1.29, 1.82) is 0 Å². The topological polar surface area (TPSA) is 74.4 Å². The molecule has 2 N–H and O–H groups in total. The van der Waals surface area contributed by atoms with Crippen molar-refractivity contribution in [2.24, 2.45) is 0 Å². The van der Waals surface area contributed by atoms with Crippen molar-refractivity contribution < 1.29 is 9.53 Å². The average molecular weight is 420 g/mol. The molecule has 0 aliphatic carbocycles. The first-order valence-electron chi connectivity index (χ1n) is 9.46. The van der Waals surface area contributed by atoms with Gasteiger partial charge in [-0.1, -0.05) is 24.3 Å². The van der Waals surface area contributed by atoms with Gasteiger partial charge in [0, 0.05) is 27.0 Å². The molecule has 0 saturated carbocycles. The summed E-state index contributed by atoms with van der Waals surface area (Å²) in [4.78, 5) is 31.2. The van der Waals surface area contributed by atoms with Gasteiger partial charge in [0.2, 0.25) is 0 Å². The number of aromatic nitrogens is 1. The highest BCUT2D eigenvalue weighted by Gasteiger charge is 2.17. The monoisotopic (exact) mass is 419 g/mol. The summed E-state index contributed by atoms with van der Waals surface area (Å²) in [6.07, 6.45) is 0. The maximum absolute atomic E-state index is 13.0. The third-order valence-electron chi connectivity index (χ3n) is 4.73. The molecule has 0 radical (unpaired) electrons. The number of benzene rings is 2. The normalized spacial score (nSPS) is 10.7. The summed E-state index contributed by atoms with van der Waals surface area (Å²) >= 11 is 1.57. The van der Waals surface area contributed by atoms with E-state index in [1.807, 2.05) is 66.0 Å². The minimum atomic E-state index is -0.264. The second-order valence-corrected chi connectivity index (χ2v) is 7.84. The molecular weight excluding hydrogens is 398 g/mol. The van der Waals surface area contributed by atoms with Gasteiger partial charge in [-0.05, 0) is 47.8 Å². The molecule has 0 aliphatic heterocycles. The molecule has 4 aromatic rings. The van der Waals surface area contributed by atoms with Gasteiger partial charge in [-0.15, -0.1) is 11.3 Å². The number of carbonyl (C=O) groups excluding carboxylic acids is 1. The third-order valence-corrected chi connectivity index (χ3v) is 5.59. The van der Waals surface area contributed by atoms with Crippen molar-refractivity contribution in [2.45, 2.75) is 13.1 Å². The Morgan fingerprint density at radius 3 is 2.63 bits per heavy atom. The molecule has 0 fully saturated rings. The number of amides is 2. The average Bonchev–Trinajstić information content (AvgIpc) is 3.27. The maximum atomic E-state index is 13.0.